The van der Waals surface area contributed by atoms with Gasteiger partial charge in [0.05, 0.1) is 11.9 Å². The number of nitrogens with zero attached hydrogens (tertiary/aromatic N) is 1. The van der Waals surface area contributed by atoms with Gasteiger partial charge in [0.2, 0.25) is 5.91 Å². The highest BCUT2D eigenvalue weighted by Gasteiger charge is 2.67. The minimum atomic E-state index is -1.01. The van der Waals surface area contributed by atoms with E-state index in [1.165, 1.54) is 44.9 Å². The smallest absolute Gasteiger partial charge is 0.328 e. The van der Waals surface area contributed by atoms with Crippen molar-refractivity contribution in [1.29, 1.82) is 0 Å². The maximum atomic E-state index is 13.6. The number of imidazole rings is 1. The molecule has 6 N–H and O–H groups in total. The van der Waals surface area contributed by atoms with Gasteiger partial charge in [0.1, 0.15) is 12.1 Å². The summed E-state index contributed by atoms with van der Waals surface area (Å²) in [6.07, 6.45) is 18.4. The maximum absolute atomic E-state index is 13.6. The Morgan fingerprint density at radius 2 is 1.86 bits per heavy atom. The molecule has 11 atom stereocenters. The largest absolute Gasteiger partial charge is 0.461 e. The van der Waals surface area contributed by atoms with Crippen LogP contribution in [0.15, 0.2) is 12.5 Å². The number of aromatic amines is 1. The summed E-state index contributed by atoms with van der Waals surface area (Å²) in [5.41, 5.74) is 5.88. The van der Waals surface area contributed by atoms with Crippen LogP contribution in [0.5, 0.6) is 0 Å². The van der Waals surface area contributed by atoms with Gasteiger partial charge < -0.3 is 31.2 Å². The van der Waals surface area contributed by atoms with Crippen LogP contribution < -0.4 is 16.4 Å². The number of fused-ring (bicyclic) bond motifs is 5. The Hall–Kier alpha value is -1.97. The summed E-state index contributed by atoms with van der Waals surface area (Å²) in [6.45, 7) is 15.3. The van der Waals surface area contributed by atoms with E-state index in [9.17, 15) is 14.7 Å². The summed E-state index contributed by atoms with van der Waals surface area (Å²) < 4.78 is 6.22. The minimum Gasteiger partial charge on any atom is -0.461 e. The molecular weight excluding hydrogens is 626 g/mol. The summed E-state index contributed by atoms with van der Waals surface area (Å²) >= 11 is 0. The highest BCUT2D eigenvalue weighted by atomic mass is 16.5. The molecule has 1 amide bonds. The molecule has 4 fully saturated rings. The molecule has 4 aliphatic carbocycles. The zero-order valence-electron chi connectivity index (χ0n) is 32.3. The standard InChI is InChI=1S/C41H71N5O4/c1-7-37(47)46-35(13-8-9-21-42)38(48)50-30-16-20-40(6)34-17-19-39(5)32(28(4)12-10-11-27(2)3)14-15-33(39)31(34)23-36(41(40,49)24-30)44-22-18-29-25-43-26-45-29/h25-28,30-36,44,49H,7-24,42H2,1-6H3,(H,43,45)(H,46,47)/t28-,30+,31+,32-,33+,34+,35+,36-,39-,40-,41+/m1/s1. The van der Waals surface area contributed by atoms with Crippen molar-refractivity contribution in [2.75, 3.05) is 13.1 Å². The highest BCUT2D eigenvalue weighted by Crippen LogP contribution is 2.69. The predicted octanol–water partition coefficient (Wildman–Crippen LogP) is 6.69. The number of rotatable bonds is 17. The first kappa shape index (κ1) is 39.2. The molecule has 4 aliphatic rings. The SMILES string of the molecule is CCC(=O)N[C@@H](CCCCN)C(=O)O[C@H]1CC[C@]2(C)[C@H]3CC[C@]4(C)[C@@H]([C@H](C)CCCC(C)C)CC[C@H]4[C@@H]3C[C@@H](NCCc3cnc[nH]3)[C@@]2(O)C1. The predicted molar refractivity (Wildman–Crippen MR) is 199 cm³/mol. The fraction of sp³-hybridized carbons (Fsp3) is 0.878. The Morgan fingerprint density at radius 1 is 1.06 bits per heavy atom. The van der Waals surface area contributed by atoms with Gasteiger partial charge in [-0.3, -0.25) is 4.79 Å². The first-order valence-corrected chi connectivity index (χ1v) is 20.5. The van der Waals surface area contributed by atoms with Crippen molar-refractivity contribution in [3.8, 4) is 0 Å². The van der Waals surface area contributed by atoms with Gasteiger partial charge in [0.25, 0.3) is 0 Å². The molecule has 0 unspecified atom stereocenters. The molecule has 1 aromatic rings. The van der Waals surface area contributed by atoms with Crippen molar-refractivity contribution in [2.24, 2.45) is 52.1 Å². The molecule has 9 nitrogen and oxygen atoms in total. The van der Waals surface area contributed by atoms with Gasteiger partial charge in [-0.05, 0) is 112 Å². The molecule has 50 heavy (non-hydrogen) atoms. The second-order valence-corrected chi connectivity index (χ2v) is 17.9. The normalized spacial score (nSPS) is 36.3. The van der Waals surface area contributed by atoms with Crippen molar-refractivity contribution in [3.05, 3.63) is 18.2 Å². The van der Waals surface area contributed by atoms with E-state index in [1.54, 1.807) is 13.3 Å². The Labute approximate surface area is 302 Å². The van der Waals surface area contributed by atoms with E-state index in [4.69, 9.17) is 10.5 Å². The van der Waals surface area contributed by atoms with Gasteiger partial charge in [-0.2, -0.15) is 0 Å². The van der Waals surface area contributed by atoms with E-state index in [1.807, 2.05) is 6.20 Å². The molecule has 1 heterocycles. The summed E-state index contributed by atoms with van der Waals surface area (Å²) in [5, 5.41) is 19.9. The molecule has 4 saturated carbocycles. The lowest BCUT2D eigenvalue weighted by Crippen LogP contribution is -2.71. The lowest BCUT2D eigenvalue weighted by molar-refractivity contribution is -0.237. The van der Waals surface area contributed by atoms with Gasteiger partial charge in [0.15, 0.2) is 0 Å². The summed E-state index contributed by atoms with van der Waals surface area (Å²) in [5.74, 6) is 3.48. The van der Waals surface area contributed by atoms with E-state index < -0.39 is 11.6 Å². The summed E-state index contributed by atoms with van der Waals surface area (Å²) in [7, 11) is 0. The fourth-order valence-corrected chi connectivity index (χ4v) is 11.7. The maximum Gasteiger partial charge on any atom is 0.328 e. The van der Waals surface area contributed by atoms with Crippen LogP contribution in [0.2, 0.25) is 0 Å². The molecule has 0 aliphatic heterocycles. The molecule has 9 heteroatoms. The number of amides is 1. The number of ether oxygens (including phenoxy) is 1. The number of carbonyl (C=O) groups is 2. The minimum absolute atomic E-state index is 0.0943. The number of esters is 1. The van der Waals surface area contributed by atoms with Gasteiger partial charge in [0, 0.05) is 49.2 Å². The van der Waals surface area contributed by atoms with Gasteiger partial charge in [-0.1, -0.05) is 60.8 Å². The highest BCUT2D eigenvalue weighted by molar-refractivity contribution is 5.84. The zero-order valence-corrected chi connectivity index (χ0v) is 32.3. The number of nitrogens with one attached hydrogen (secondary N) is 3. The third kappa shape index (κ3) is 8.15. The van der Waals surface area contributed by atoms with Crippen LogP contribution in [-0.4, -0.2) is 63.8 Å². The van der Waals surface area contributed by atoms with Crippen LogP contribution in [-0.2, 0) is 20.7 Å². The number of aromatic nitrogens is 2. The molecular formula is C41H71N5O4. The van der Waals surface area contributed by atoms with Crippen LogP contribution in [0, 0.1) is 46.3 Å². The molecule has 1 aromatic heterocycles. The Bertz CT molecular complexity index is 1240. The molecule has 0 aromatic carbocycles. The Kier molecular flexibility index (Phi) is 13.2. The van der Waals surface area contributed by atoms with E-state index in [0.29, 0.717) is 49.0 Å². The number of unbranched alkanes of at least 4 members (excludes halogenated alkanes) is 1. The number of hydrogen-bond donors (Lipinski definition) is 5. The van der Waals surface area contributed by atoms with E-state index in [2.05, 4.69) is 55.2 Å². The number of aliphatic hydroxyl groups is 1. The van der Waals surface area contributed by atoms with Crippen LogP contribution >= 0.6 is 0 Å². The van der Waals surface area contributed by atoms with Crippen molar-refractivity contribution >= 4 is 11.9 Å². The second-order valence-electron chi connectivity index (χ2n) is 17.9. The first-order chi connectivity index (χ1) is 23.9. The molecule has 0 bridgehead atoms. The van der Waals surface area contributed by atoms with E-state index in [0.717, 1.165) is 68.5 Å². The average Bonchev–Trinajstić information content (AvgIpc) is 3.72. The Morgan fingerprint density at radius 3 is 2.56 bits per heavy atom. The lowest BCUT2D eigenvalue weighted by Gasteiger charge is -2.66. The van der Waals surface area contributed by atoms with Crippen LogP contribution in [0.1, 0.15) is 144 Å². The van der Waals surface area contributed by atoms with E-state index in [-0.39, 0.29) is 29.4 Å². The second kappa shape index (κ2) is 16.8. The number of hydrogen-bond acceptors (Lipinski definition) is 7. The quantitative estimate of drug-likeness (QED) is 0.0902. The van der Waals surface area contributed by atoms with Gasteiger partial charge >= 0.3 is 5.97 Å². The first-order valence-electron chi connectivity index (χ1n) is 20.5. The van der Waals surface area contributed by atoms with Crippen LogP contribution in [0.3, 0.4) is 0 Å². The zero-order chi connectivity index (χ0) is 36.1. The lowest BCUT2D eigenvalue weighted by atomic mass is 9.42. The molecule has 0 radical (unpaired) electrons. The Balaban J connectivity index is 1.35. The number of nitrogens with two attached hydrogens (primary N) is 1. The average molecular weight is 698 g/mol. The molecule has 0 saturated heterocycles. The third-order valence-corrected chi connectivity index (χ3v) is 14.6. The molecule has 284 valence electrons. The fourth-order valence-electron chi connectivity index (χ4n) is 11.7. The third-order valence-electron chi connectivity index (χ3n) is 14.6. The van der Waals surface area contributed by atoms with Crippen molar-refractivity contribution < 1.29 is 19.4 Å². The number of carbonyl (C=O) groups excluding carboxylic acids is 2. The topological polar surface area (TPSA) is 142 Å². The van der Waals surface area contributed by atoms with Crippen LogP contribution in [0.25, 0.3) is 0 Å². The monoisotopic (exact) mass is 698 g/mol. The van der Waals surface area contributed by atoms with Crippen molar-refractivity contribution in [3.63, 3.8) is 0 Å². The van der Waals surface area contributed by atoms with Crippen LogP contribution in [0.4, 0.5) is 0 Å². The van der Waals surface area contributed by atoms with Crippen molar-refractivity contribution in [2.45, 2.75) is 168 Å². The van der Waals surface area contributed by atoms with Crippen molar-refractivity contribution in [1.82, 2.24) is 20.6 Å². The summed E-state index contributed by atoms with van der Waals surface area (Å²) in [4.78, 5) is 33.4. The molecule has 0 spiro atoms. The summed E-state index contributed by atoms with van der Waals surface area (Å²) in [6, 6.07) is -0.779. The number of H-pyrrole nitrogens is 1. The van der Waals surface area contributed by atoms with Gasteiger partial charge in [-0.15, -0.1) is 0 Å². The van der Waals surface area contributed by atoms with E-state index >= 15 is 0 Å². The van der Waals surface area contributed by atoms with Gasteiger partial charge in [-0.25, -0.2) is 9.78 Å². The molecule has 5 rings (SSSR count).